The van der Waals surface area contributed by atoms with Crippen LogP contribution in [0.25, 0.3) is 0 Å². The summed E-state index contributed by atoms with van der Waals surface area (Å²) in [6, 6.07) is 15.8. The Kier molecular flexibility index (Phi) is 5.79. The lowest BCUT2D eigenvalue weighted by molar-refractivity contribution is -0.131. The molecule has 3 aromatic rings. The van der Waals surface area contributed by atoms with Gasteiger partial charge in [0.25, 0.3) is 0 Å². The third kappa shape index (κ3) is 4.51. The number of carbonyl (C=O) groups excluding carboxylic acids is 1. The van der Waals surface area contributed by atoms with Gasteiger partial charge in [0.2, 0.25) is 11.9 Å². The summed E-state index contributed by atoms with van der Waals surface area (Å²) in [5.74, 6) is 1.66. The van der Waals surface area contributed by atoms with E-state index >= 15 is 0 Å². The van der Waals surface area contributed by atoms with Crippen molar-refractivity contribution < 1.29 is 14.3 Å². The van der Waals surface area contributed by atoms with E-state index in [4.69, 9.17) is 15.2 Å². The average Bonchev–Trinajstić information content (AvgIpc) is 3.20. The monoisotopic (exact) mass is 404 g/mol. The zero-order chi connectivity index (χ0) is 20.9. The molecule has 2 N–H and O–H groups in total. The van der Waals surface area contributed by atoms with Crippen LogP contribution in [0.4, 0.5) is 5.95 Å². The fourth-order valence-electron chi connectivity index (χ4n) is 3.48. The molecule has 1 aliphatic rings. The molecule has 0 spiro atoms. The van der Waals surface area contributed by atoms with Gasteiger partial charge >= 0.3 is 0 Å². The van der Waals surface area contributed by atoms with Crippen LogP contribution in [-0.2, 0) is 30.9 Å². The number of fused-ring (bicyclic) bond motifs is 1. The molecule has 0 atom stereocenters. The standard InChI is InChI=1S/C23H24N4O3/c1-29-20-9-7-16(11-21(20)30-15-17-5-3-2-4-6-17)8-10-22(28)27-13-18-12-25-23(24)26-19(18)14-27/h2-7,9,11-12H,8,10,13-15H2,1H3,(H2,24,25,26). The second-order valence-corrected chi connectivity index (χ2v) is 7.21. The van der Waals surface area contributed by atoms with E-state index in [0.29, 0.717) is 44.0 Å². The molecule has 0 radical (unpaired) electrons. The predicted octanol–water partition coefficient (Wildman–Crippen LogP) is 3.12. The summed E-state index contributed by atoms with van der Waals surface area (Å²) in [5, 5.41) is 0. The van der Waals surface area contributed by atoms with Gasteiger partial charge in [-0.25, -0.2) is 9.97 Å². The lowest BCUT2D eigenvalue weighted by Gasteiger charge is -2.16. The Morgan fingerprint density at radius 3 is 2.73 bits per heavy atom. The normalized spacial score (nSPS) is 12.5. The number of amides is 1. The largest absolute Gasteiger partial charge is 0.493 e. The second-order valence-electron chi connectivity index (χ2n) is 7.21. The number of rotatable bonds is 7. The van der Waals surface area contributed by atoms with Crippen molar-refractivity contribution in [1.82, 2.24) is 14.9 Å². The Hall–Kier alpha value is -3.61. The number of benzene rings is 2. The van der Waals surface area contributed by atoms with E-state index in [1.165, 1.54) is 0 Å². The lowest BCUT2D eigenvalue weighted by Crippen LogP contribution is -2.25. The highest BCUT2D eigenvalue weighted by Crippen LogP contribution is 2.30. The highest BCUT2D eigenvalue weighted by Gasteiger charge is 2.24. The van der Waals surface area contributed by atoms with E-state index < -0.39 is 0 Å². The van der Waals surface area contributed by atoms with Gasteiger partial charge in [0.05, 0.1) is 19.3 Å². The topological polar surface area (TPSA) is 90.6 Å². The first kappa shape index (κ1) is 19.7. The maximum Gasteiger partial charge on any atom is 0.223 e. The molecular formula is C23H24N4O3. The van der Waals surface area contributed by atoms with Crippen molar-refractivity contribution in [1.29, 1.82) is 0 Å². The highest BCUT2D eigenvalue weighted by atomic mass is 16.5. The number of ether oxygens (including phenoxy) is 2. The molecule has 7 nitrogen and oxygen atoms in total. The fraction of sp³-hybridized carbons (Fsp3) is 0.261. The number of aryl methyl sites for hydroxylation is 1. The van der Waals surface area contributed by atoms with Gasteiger partial charge in [-0.05, 0) is 29.7 Å². The van der Waals surface area contributed by atoms with Gasteiger partial charge in [-0.1, -0.05) is 36.4 Å². The second kappa shape index (κ2) is 8.82. The minimum atomic E-state index is 0.0779. The number of carbonyl (C=O) groups is 1. The number of anilines is 1. The molecule has 2 heterocycles. The van der Waals surface area contributed by atoms with Crippen LogP contribution in [0.2, 0.25) is 0 Å². The van der Waals surface area contributed by atoms with E-state index in [2.05, 4.69) is 9.97 Å². The van der Waals surface area contributed by atoms with Crippen LogP contribution in [0, 0.1) is 0 Å². The molecule has 7 heteroatoms. The van der Waals surface area contributed by atoms with Crippen molar-refractivity contribution in [2.75, 3.05) is 12.8 Å². The van der Waals surface area contributed by atoms with Gasteiger partial charge in [0.1, 0.15) is 6.61 Å². The van der Waals surface area contributed by atoms with E-state index in [1.54, 1.807) is 18.2 Å². The van der Waals surface area contributed by atoms with Gasteiger partial charge in [-0.3, -0.25) is 4.79 Å². The Labute approximate surface area is 175 Å². The summed E-state index contributed by atoms with van der Waals surface area (Å²) in [5.41, 5.74) is 9.53. The smallest absolute Gasteiger partial charge is 0.223 e. The average molecular weight is 404 g/mol. The first-order chi connectivity index (χ1) is 14.6. The molecule has 154 valence electrons. The quantitative estimate of drug-likeness (QED) is 0.651. The molecule has 0 aliphatic carbocycles. The zero-order valence-corrected chi connectivity index (χ0v) is 16.9. The van der Waals surface area contributed by atoms with E-state index in [-0.39, 0.29) is 11.9 Å². The number of hydrogen-bond donors (Lipinski definition) is 1. The number of nitrogens with two attached hydrogens (primary N) is 1. The predicted molar refractivity (Wildman–Crippen MR) is 113 cm³/mol. The first-order valence-electron chi connectivity index (χ1n) is 9.84. The minimum Gasteiger partial charge on any atom is -0.493 e. The van der Waals surface area contributed by atoms with Crippen LogP contribution < -0.4 is 15.2 Å². The van der Waals surface area contributed by atoms with Gasteiger partial charge in [-0.2, -0.15) is 0 Å². The molecule has 0 unspecified atom stereocenters. The number of hydrogen-bond acceptors (Lipinski definition) is 6. The molecule has 0 saturated carbocycles. The lowest BCUT2D eigenvalue weighted by atomic mass is 10.1. The van der Waals surface area contributed by atoms with Gasteiger partial charge < -0.3 is 20.1 Å². The molecule has 0 saturated heterocycles. The summed E-state index contributed by atoms with van der Waals surface area (Å²) in [6.45, 7) is 1.47. The Morgan fingerprint density at radius 2 is 1.93 bits per heavy atom. The van der Waals surface area contributed by atoms with E-state index in [9.17, 15) is 4.79 Å². The summed E-state index contributed by atoms with van der Waals surface area (Å²) in [6.07, 6.45) is 2.72. The van der Waals surface area contributed by atoms with Gasteiger partial charge in [-0.15, -0.1) is 0 Å². The van der Waals surface area contributed by atoms with Gasteiger partial charge in [0.15, 0.2) is 11.5 Å². The van der Waals surface area contributed by atoms with Crippen molar-refractivity contribution in [2.45, 2.75) is 32.5 Å². The van der Waals surface area contributed by atoms with Crippen LogP contribution in [0.15, 0.2) is 54.7 Å². The molecule has 0 fully saturated rings. The Balaban J connectivity index is 1.37. The first-order valence-corrected chi connectivity index (χ1v) is 9.84. The van der Waals surface area contributed by atoms with Crippen molar-refractivity contribution in [3.8, 4) is 11.5 Å². The Morgan fingerprint density at radius 1 is 1.10 bits per heavy atom. The third-order valence-corrected chi connectivity index (χ3v) is 5.12. The Bertz CT molecular complexity index is 1040. The molecule has 30 heavy (non-hydrogen) atoms. The van der Waals surface area contributed by atoms with Crippen LogP contribution in [0.5, 0.6) is 11.5 Å². The summed E-state index contributed by atoms with van der Waals surface area (Å²) < 4.78 is 11.4. The van der Waals surface area contributed by atoms with Crippen LogP contribution in [0.1, 0.15) is 28.8 Å². The maximum absolute atomic E-state index is 12.7. The van der Waals surface area contributed by atoms with Gasteiger partial charge in [0, 0.05) is 24.7 Å². The maximum atomic E-state index is 12.7. The van der Waals surface area contributed by atoms with Crippen molar-refractivity contribution in [3.63, 3.8) is 0 Å². The number of nitrogen functional groups attached to an aromatic ring is 1. The number of methoxy groups -OCH3 is 1. The van der Waals surface area contributed by atoms with Crippen LogP contribution >= 0.6 is 0 Å². The molecule has 4 rings (SSSR count). The molecule has 1 amide bonds. The van der Waals surface area contributed by atoms with E-state index in [0.717, 1.165) is 22.4 Å². The molecular weight excluding hydrogens is 380 g/mol. The van der Waals surface area contributed by atoms with Crippen molar-refractivity contribution >= 4 is 11.9 Å². The molecule has 1 aliphatic heterocycles. The van der Waals surface area contributed by atoms with Crippen LogP contribution in [0.3, 0.4) is 0 Å². The summed E-state index contributed by atoms with van der Waals surface area (Å²) in [7, 11) is 1.62. The third-order valence-electron chi connectivity index (χ3n) is 5.12. The number of nitrogens with zero attached hydrogens (tertiary/aromatic N) is 3. The minimum absolute atomic E-state index is 0.0779. The molecule has 1 aromatic heterocycles. The number of aromatic nitrogens is 2. The highest BCUT2D eigenvalue weighted by molar-refractivity contribution is 5.77. The molecule has 2 aromatic carbocycles. The fourth-order valence-corrected chi connectivity index (χ4v) is 3.48. The SMILES string of the molecule is COc1ccc(CCC(=O)N2Cc3cnc(N)nc3C2)cc1OCc1ccccc1. The summed E-state index contributed by atoms with van der Waals surface area (Å²) >= 11 is 0. The van der Waals surface area contributed by atoms with Crippen molar-refractivity contribution in [3.05, 3.63) is 77.1 Å². The summed E-state index contributed by atoms with van der Waals surface area (Å²) in [4.78, 5) is 22.7. The van der Waals surface area contributed by atoms with Crippen LogP contribution in [-0.4, -0.2) is 27.9 Å². The zero-order valence-electron chi connectivity index (χ0n) is 16.9. The van der Waals surface area contributed by atoms with Crippen molar-refractivity contribution in [2.24, 2.45) is 0 Å². The van der Waals surface area contributed by atoms with E-state index in [1.807, 2.05) is 48.5 Å². The molecule has 0 bridgehead atoms.